The minimum atomic E-state index is -0.291. The van der Waals surface area contributed by atoms with Crippen molar-refractivity contribution in [3.63, 3.8) is 0 Å². The lowest BCUT2D eigenvalue weighted by molar-refractivity contribution is -0.117. The van der Waals surface area contributed by atoms with Crippen LogP contribution in [0.5, 0.6) is 5.75 Å². The van der Waals surface area contributed by atoms with Gasteiger partial charge in [-0.3, -0.25) is 4.79 Å². The molecule has 4 nitrogen and oxygen atoms in total. The molecular weight excluding hydrogens is 316 g/mol. The lowest BCUT2D eigenvalue weighted by Gasteiger charge is -2.25. The average Bonchev–Trinajstić information content (AvgIpc) is 2.55. The SMILES string of the molecule is CCCCSC1=C(C#N)C(=O)N[C@H](c2ccc(OC)cc2)S1. The van der Waals surface area contributed by atoms with Crippen LogP contribution in [0.2, 0.25) is 0 Å². The highest BCUT2D eigenvalue weighted by Gasteiger charge is 2.28. The lowest BCUT2D eigenvalue weighted by Crippen LogP contribution is -2.31. The van der Waals surface area contributed by atoms with Gasteiger partial charge in [0.15, 0.2) is 0 Å². The van der Waals surface area contributed by atoms with Gasteiger partial charge >= 0.3 is 0 Å². The Hall–Kier alpha value is -1.58. The van der Waals surface area contributed by atoms with Gasteiger partial charge in [0.1, 0.15) is 22.8 Å². The summed E-state index contributed by atoms with van der Waals surface area (Å²) in [6.07, 6.45) is 2.17. The van der Waals surface area contributed by atoms with Crippen molar-refractivity contribution >= 4 is 29.4 Å². The van der Waals surface area contributed by atoms with Gasteiger partial charge in [0.05, 0.1) is 11.3 Å². The fourth-order valence-electron chi connectivity index (χ4n) is 1.92. The smallest absolute Gasteiger partial charge is 0.264 e. The van der Waals surface area contributed by atoms with Crippen molar-refractivity contribution in [3.05, 3.63) is 39.6 Å². The summed E-state index contributed by atoms with van der Waals surface area (Å²) in [6, 6.07) is 9.63. The van der Waals surface area contributed by atoms with Crippen LogP contribution in [-0.4, -0.2) is 18.8 Å². The first-order valence-electron chi connectivity index (χ1n) is 7.08. The molecule has 1 aromatic rings. The molecule has 22 heavy (non-hydrogen) atoms. The van der Waals surface area contributed by atoms with Gasteiger partial charge in [-0.2, -0.15) is 5.26 Å². The number of carbonyl (C=O) groups excluding carboxylic acids is 1. The summed E-state index contributed by atoms with van der Waals surface area (Å²) in [6.45, 7) is 2.13. The van der Waals surface area contributed by atoms with Crippen LogP contribution in [-0.2, 0) is 4.79 Å². The zero-order chi connectivity index (χ0) is 15.9. The van der Waals surface area contributed by atoms with Crippen molar-refractivity contribution in [1.29, 1.82) is 5.26 Å². The predicted molar refractivity (Wildman–Crippen MR) is 91.5 cm³/mol. The molecule has 0 aliphatic carbocycles. The molecule has 0 unspecified atom stereocenters. The molecule has 0 saturated heterocycles. The van der Waals surface area contributed by atoms with Crippen molar-refractivity contribution in [3.8, 4) is 11.8 Å². The second-order valence-electron chi connectivity index (χ2n) is 4.72. The third-order valence-electron chi connectivity index (χ3n) is 3.18. The number of unbranched alkanes of at least 4 members (excludes halogenated alkanes) is 1. The second kappa shape index (κ2) is 8.16. The number of nitrogens with one attached hydrogen (secondary N) is 1. The first-order chi connectivity index (χ1) is 10.7. The van der Waals surface area contributed by atoms with E-state index in [2.05, 4.69) is 12.2 Å². The Bertz CT molecular complexity index is 606. The molecule has 0 bridgehead atoms. The number of rotatable bonds is 6. The number of hydrogen-bond acceptors (Lipinski definition) is 5. The van der Waals surface area contributed by atoms with Crippen molar-refractivity contribution < 1.29 is 9.53 Å². The van der Waals surface area contributed by atoms with E-state index < -0.39 is 0 Å². The highest BCUT2D eigenvalue weighted by Crippen LogP contribution is 2.44. The zero-order valence-corrected chi connectivity index (χ0v) is 14.2. The van der Waals surface area contributed by atoms with Crippen LogP contribution in [0.15, 0.2) is 34.1 Å². The molecule has 0 radical (unpaired) electrons. The Morgan fingerprint density at radius 3 is 2.73 bits per heavy atom. The second-order valence-corrected chi connectivity index (χ2v) is 7.20. The van der Waals surface area contributed by atoms with Gasteiger partial charge in [0.2, 0.25) is 0 Å². The molecule has 1 amide bonds. The van der Waals surface area contributed by atoms with Crippen LogP contribution in [0, 0.1) is 11.3 Å². The van der Waals surface area contributed by atoms with Crippen molar-refractivity contribution in [1.82, 2.24) is 5.32 Å². The first kappa shape index (κ1) is 16.8. The maximum atomic E-state index is 12.1. The molecule has 1 aliphatic heterocycles. The van der Waals surface area contributed by atoms with Crippen LogP contribution >= 0.6 is 23.5 Å². The Morgan fingerprint density at radius 2 is 2.14 bits per heavy atom. The van der Waals surface area contributed by atoms with Gasteiger partial charge in [-0.15, -0.1) is 11.8 Å². The van der Waals surface area contributed by atoms with E-state index >= 15 is 0 Å². The molecule has 116 valence electrons. The fraction of sp³-hybridized carbons (Fsp3) is 0.375. The molecule has 2 rings (SSSR count). The normalized spacial score (nSPS) is 17.9. The first-order valence-corrected chi connectivity index (χ1v) is 8.94. The van der Waals surface area contributed by atoms with Gasteiger partial charge < -0.3 is 10.1 Å². The van der Waals surface area contributed by atoms with Crippen LogP contribution in [0.3, 0.4) is 0 Å². The molecule has 0 spiro atoms. The van der Waals surface area contributed by atoms with Crippen molar-refractivity contribution in [2.75, 3.05) is 12.9 Å². The Morgan fingerprint density at radius 1 is 1.41 bits per heavy atom. The molecule has 0 aromatic heterocycles. The molecular formula is C16H18N2O2S2. The topological polar surface area (TPSA) is 62.1 Å². The molecule has 6 heteroatoms. The summed E-state index contributed by atoms with van der Waals surface area (Å²) in [4.78, 5) is 12.1. The van der Waals surface area contributed by atoms with E-state index in [1.54, 1.807) is 18.9 Å². The van der Waals surface area contributed by atoms with Crippen molar-refractivity contribution in [2.24, 2.45) is 0 Å². The lowest BCUT2D eigenvalue weighted by atomic mass is 10.2. The number of thioether (sulfide) groups is 2. The third kappa shape index (κ3) is 3.99. The average molecular weight is 334 g/mol. The number of ether oxygens (including phenoxy) is 1. The van der Waals surface area contributed by atoms with Crippen LogP contribution in [0.1, 0.15) is 30.7 Å². The summed E-state index contributed by atoms with van der Waals surface area (Å²) < 4.78 is 5.97. The minimum Gasteiger partial charge on any atom is -0.497 e. The maximum Gasteiger partial charge on any atom is 0.264 e. The van der Waals surface area contributed by atoms with E-state index in [0.29, 0.717) is 0 Å². The number of methoxy groups -OCH3 is 1. The van der Waals surface area contributed by atoms with E-state index in [9.17, 15) is 10.1 Å². The monoisotopic (exact) mass is 334 g/mol. The number of nitriles is 1. The Kier molecular flexibility index (Phi) is 6.22. The predicted octanol–water partition coefficient (Wildman–Crippen LogP) is 3.83. The van der Waals surface area contributed by atoms with E-state index in [4.69, 9.17) is 4.74 Å². The van der Waals surface area contributed by atoms with Gasteiger partial charge in [0.25, 0.3) is 5.91 Å². The molecule has 0 saturated carbocycles. The third-order valence-corrected chi connectivity index (χ3v) is 5.82. The summed E-state index contributed by atoms with van der Waals surface area (Å²) in [7, 11) is 1.62. The fourth-order valence-corrected chi connectivity index (χ4v) is 4.56. The summed E-state index contributed by atoms with van der Waals surface area (Å²) in [5, 5.41) is 11.9. The van der Waals surface area contributed by atoms with Crippen LogP contribution in [0.4, 0.5) is 0 Å². The molecule has 1 aromatic carbocycles. The zero-order valence-electron chi connectivity index (χ0n) is 12.6. The van der Waals surface area contributed by atoms with Gasteiger partial charge in [-0.25, -0.2) is 0 Å². The molecule has 1 N–H and O–H groups in total. The maximum absolute atomic E-state index is 12.1. The van der Waals surface area contributed by atoms with E-state index in [0.717, 1.165) is 34.1 Å². The van der Waals surface area contributed by atoms with E-state index in [1.165, 1.54) is 11.8 Å². The van der Waals surface area contributed by atoms with E-state index in [1.807, 2.05) is 30.3 Å². The number of benzene rings is 1. The Balaban J connectivity index is 2.17. The highest BCUT2D eigenvalue weighted by atomic mass is 32.2. The van der Waals surface area contributed by atoms with Crippen molar-refractivity contribution in [2.45, 2.75) is 25.1 Å². The quantitative estimate of drug-likeness (QED) is 0.801. The van der Waals surface area contributed by atoms with Crippen LogP contribution < -0.4 is 10.1 Å². The summed E-state index contributed by atoms with van der Waals surface area (Å²) in [5.41, 5.74) is 1.22. The molecule has 0 fully saturated rings. The van der Waals surface area contributed by atoms with Gasteiger partial charge in [0, 0.05) is 0 Å². The van der Waals surface area contributed by atoms with Gasteiger partial charge in [-0.1, -0.05) is 37.2 Å². The Labute approximate surface area is 139 Å². The van der Waals surface area contributed by atoms with Crippen LogP contribution in [0.25, 0.3) is 0 Å². The molecule has 1 aliphatic rings. The number of nitrogens with zero attached hydrogens (tertiary/aromatic N) is 1. The summed E-state index contributed by atoms with van der Waals surface area (Å²) in [5.74, 6) is 1.41. The largest absolute Gasteiger partial charge is 0.497 e. The highest BCUT2D eigenvalue weighted by molar-refractivity contribution is 8.22. The minimum absolute atomic E-state index is 0.167. The molecule has 1 atom stereocenters. The number of hydrogen-bond donors (Lipinski definition) is 1. The number of amides is 1. The van der Waals surface area contributed by atoms with Gasteiger partial charge in [-0.05, 0) is 29.9 Å². The van der Waals surface area contributed by atoms with E-state index in [-0.39, 0.29) is 16.9 Å². The standard InChI is InChI=1S/C16H18N2O2S2/c1-3-4-9-21-16-13(10-17)14(19)18-15(22-16)11-5-7-12(20-2)8-6-11/h5-8,15H,3-4,9H2,1-2H3,(H,18,19)/t15-/m0/s1. The summed E-state index contributed by atoms with van der Waals surface area (Å²) >= 11 is 3.13. The molecule has 1 heterocycles. The number of carbonyl (C=O) groups is 1.